The normalized spacial score (nSPS) is 17.3. The highest BCUT2D eigenvalue weighted by molar-refractivity contribution is 5.90. The van der Waals surface area contributed by atoms with Gasteiger partial charge in [-0.2, -0.15) is 0 Å². The molecule has 2 unspecified atom stereocenters. The zero-order chi connectivity index (χ0) is 23.6. The van der Waals surface area contributed by atoms with Gasteiger partial charge in [0.1, 0.15) is 17.1 Å². The van der Waals surface area contributed by atoms with Crippen LogP contribution in [0.1, 0.15) is 40.2 Å². The van der Waals surface area contributed by atoms with Crippen LogP contribution in [0, 0.1) is 5.82 Å². The SMILES string of the molecule is C=NC(N)(c1onc(C(C)c2ccc(-c3ccccc3)c(F)c2)c1C(=O)O)N1CCOCC1. The molecule has 0 saturated carbocycles. The fourth-order valence-electron chi connectivity index (χ4n) is 4.09. The number of ether oxygens (including phenoxy) is 1. The first-order valence-corrected chi connectivity index (χ1v) is 10.5. The number of hydrogen-bond donors (Lipinski definition) is 2. The molecule has 8 nitrogen and oxygen atoms in total. The van der Waals surface area contributed by atoms with Gasteiger partial charge in [0.15, 0.2) is 0 Å². The van der Waals surface area contributed by atoms with Gasteiger partial charge in [0.2, 0.25) is 11.5 Å². The van der Waals surface area contributed by atoms with Gasteiger partial charge in [0.05, 0.1) is 13.2 Å². The van der Waals surface area contributed by atoms with Gasteiger partial charge in [-0.25, -0.2) is 9.18 Å². The average Bonchev–Trinajstić information content (AvgIpc) is 3.30. The van der Waals surface area contributed by atoms with Crippen LogP contribution in [-0.4, -0.2) is 54.2 Å². The largest absolute Gasteiger partial charge is 0.477 e. The van der Waals surface area contributed by atoms with Gasteiger partial charge < -0.3 is 14.4 Å². The van der Waals surface area contributed by atoms with Crippen molar-refractivity contribution in [1.29, 1.82) is 0 Å². The van der Waals surface area contributed by atoms with Gasteiger partial charge in [0, 0.05) is 24.6 Å². The number of carboxylic acids is 1. The number of carboxylic acid groups (broad SMARTS) is 1. The molecule has 2 atom stereocenters. The molecule has 1 aliphatic heterocycles. The van der Waals surface area contributed by atoms with Gasteiger partial charge in [-0.1, -0.05) is 54.5 Å². The number of hydrogen-bond acceptors (Lipinski definition) is 7. The maximum absolute atomic E-state index is 14.9. The minimum absolute atomic E-state index is 0.116. The molecular weight excluding hydrogens is 427 g/mol. The number of aliphatic imine (C=N–C) groups is 1. The molecule has 3 N–H and O–H groups in total. The quantitative estimate of drug-likeness (QED) is 0.528. The Morgan fingerprint density at radius 2 is 1.97 bits per heavy atom. The molecule has 172 valence electrons. The van der Waals surface area contributed by atoms with Crippen molar-refractivity contribution in [3.05, 3.63) is 76.9 Å². The molecular formula is C24H25FN4O4. The Balaban J connectivity index is 1.72. The van der Waals surface area contributed by atoms with Crippen molar-refractivity contribution in [2.75, 3.05) is 26.3 Å². The summed E-state index contributed by atoms with van der Waals surface area (Å²) in [5.74, 6) is -3.99. The number of aromatic carboxylic acids is 1. The van der Waals surface area contributed by atoms with Crippen LogP contribution in [0.3, 0.4) is 0 Å². The smallest absolute Gasteiger partial charge is 0.341 e. The van der Waals surface area contributed by atoms with Crippen molar-refractivity contribution in [2.45, 2.75) is 18.6 Å². The van der Waals surface area contributed by atoms with Crippen molar-refractivity contribution < 1.29 is 23.6 Å². The fraction of sp³-hybridized carbons (Fsp3) is 0.292. The molecule has 0 spiro atoms. The van der Waals surface area contributed by atoms with Gasteiger partial charge in [-0.3, -0.25) is 15.6 Å². The standard InChI is InChI=1S/C24H25FN4O4/c1-15(17-8-9-18(19(25)14-17)16-6-4-3-5-7-16)21-20(23(30)31)22(33-28-21)24(26,27-2)29-10-12-32-13-11-29/h3-9,14-15H,2,10-13,26H2,1H3,(H,30,31). The van der Waals surface area contributed by atoms with Crippen LogP contribution in [0.2, 0.25) is 0 Å². The van der Waals surface area contributed by atoms with Crippen LogP contribution < -0.4 is 5.73 Å². The molecule has 2 aromatic carbocycles. The first kappa shape index (κ1) is 22.8. The number of rotatable bonds is 7. The van der Waals surface area contributed by atoms with Crippen LogP contribution in [0.4, 0.5) is 4.39 Å². The Kier molecular flexibility index (Phi) is 6.37. The Bertz CT molecular complexity index is 1160. The molecule has 1 saturated heterocycles. The molecule has 0 radical (unpaired) electrons. The maximum Gasteiger partial charge on any atom is 0.341 e. The van der Waals surface area contributed by atoms with E-state index in [1.54, 1.807) is 24.0 Å². The number of benzene rings is 2. The molecule has 0 aliphatic carbocycles. The second kappa shape index (κ2) is 9.22. The molecule has 33 heavy (non-hydrogen) atoms. The number of halogens is 1. The van der Waals surface area contributed by atoms with E-state index in [2.05, 4.69) is 16.9 Å². The van der Waals surface area contributed by atoms with Crippen LogP contribution >= 0.6 is 0 Å². The zero-order valence-corrected chi connectivity index (χ0v) is 18.2. The van der Waals surface area contributed by atoms with E-state index in [9.17, 15) is 14.3 Å². The van der Waals surface area contributed by atoms with E-state index in [1.165, 1.54) is 6.07 Å². The van der Waals surface area contributed by atoms with Gasteiger partial charge in [0.25, 0.3) is 0 Å². The van der Waals surface area contributed by atoms with Crippen LogP contribution in [0.25, 0.3) is 11.1 Å². The molecule has 1 fully saturated rings. The first-order chi connectivity index (χ1) is 15.9. The zero-order valence-electron chi connectivity index (χ0n) is 18.2. The summed E-state index contributed by atoms with van der Waals surface area (Å²) in [4.78, 5) is 18.0. The summed E-state index contributed by atoms with van der Waals surface area (Å²) in [6.07, 6.45) is 0. The Morgan fingerprint density at radius 3 is 2.58 bits per heavy atom. The summed E-state index contributed by atoms with van der Waals surface area (Å²) in [7, 11) is 0. The molecule has 4 rings (SSSR count). The lowest BCUT2D eigenvalue weighted by Gasteiger charge is -2.38. The van der Waals surface area contributed by atoms with Gasteiger partial charge in [-0.05, 0) is 23.9 Å². The average molecular weight is 452 g/mol. The molecule has 1 aromatic heterocycles. The minimum Gasteiger partial charge on any atom is -0.477 e. The fourth-order valence-corrected chi connectivity index (χ4v) is 4.09. The Labute approximate surface area is 190 Å². The molecule has 3 aromatic rings. The molecule has 1 aliphatic rings. The lowest BCUT2D eigenvalue weighted by atomic mass is 9.91. The van der Waals surface area contributed by atoms with Crippen molar-refractivity contribution in [2.24, 2.45) is 10.7 Å². The summed E-state index contributed by atoms with van der Waals surface area (Å²) < 4.78 is 25.8. The van der Waals surface area contributed by atoms with E-state index < -0.39 is 23.5 Å². The van der Waals surface area contributed by atoms with Crippen LogP contribution in [-0.2, 0) is 10.5 Å². The summed E-state index contributed by atoms with van der Waals surface area (Å²) >= 11 is 0. The topological polar surface area (TPSA) is 114 Å². The summed E-state index contributed by atoms with van der Waals surface area (Å²) in [5, 5.41) is 14.0. The third-order valence-electron chi connectivity index (χ3n) is 5.99. The number of carbonyl (C=O) groups is 1. The Hall–Kier alpha value is -3.40. The van der Waals surface area contributed by atoms with E-state index in [4.69, 9.17) is 15.0 Å². The van der Waals surface area contributed by atoms with Crippen LogP contribution in [0.5, 0.6) is 0 Å². The monoisotopic (exact) mass is 452 g/mol. The predicted octanol–water partition coefficient (Wildman–Crippen LogP) is 3.43. The Morgan fingerprint density at radius 1 is 1.27 bits per heavy atom. The molecule has 0 bridgehead atoms. The summed E-state index contributed by atoms with van der Waals surface area (Å²) in [5.41, 5.74) is 8.17. The second-order valence-corrected chi connectivity index (χ2v) is 7.89. The van der Waals surface area contributed by atoms with E-state index in [-0.39, 0.29) is 17.0 Å². The molecule has 2 heterocycles. The molecule has 9 heteroatoms. The van der Waals surface area contributed by atoms with Gasteiger partial charge in [-0.15, -0.1) is 0 Å². The van der Waals surface area contributed by atoms with Gasteiger partial charge >= 0.3 is 5.97 Å². The number of morpholine rings is 1. The highest BCUT2D eigenvalue weighted by Gasteiger charge is 2.44. The number of aromatic nitrogens is 1. The van der Waals surface area contributed by atoms with Crippen molar-refractivity contribution in [3.8, 4) is 11.1 Å². The second-order valence-electron chi connectivity index (χ2n) is 7.89. The van der Waals surface area contributed by atoms with Crippen LogP contribution in [0.15, 0.2) is 58.0 Å². The van der Waals surface area contributed by atoms with Crippen molar-refractivity contribution >= 4 is 12.7 Å². The van der Waals surface area contributed by atoms with E-state index in [1.807, 2.05) is 30.3 Å². The minimum atomic E-state index is -1.62. The van der Waals surface area contributed by atoms with E-state index in [0.717, 1.165) is 5.56 Å². The molecule has 0 amide bonds. The van der Waals surface area contributed by atoms with Crippen molar-refractivity contribution in [3.63, 3.8) is 0 Å². The van der Waals surface area contributed by atoms with E-state index in [0.29, 0.717) is 37.4 Å². The maximum atomic E-state index is 14.9. The summed E-state index contributed by atoms with van der Waals surface area (Å²) in [6, 6.07) is 14.0. The highest BCUT2D eigenvalue weighted by atomic mass is 19.1. The van der Waals surface area contributed by atoms with E-state index >= 15 is 0 Å². The highest BCUT2D eigenvalue weighted by Crippen LogP contribution is 2.36. The lowest BCUT2D eigenvalue weighted by molar-refractivity contribution is -0.0296. The third-order valence-corrected chi connectivity index (χ3v) is 5.99. The third kappa shape index (κ3) is 4.18. The van der Waals surface area contributed by atoms with Crippen molar-refractivity contribution in [1.82, 2.24) is 10.1 Å². The summed E-state index contributed by atoms with van der Waals surface area (Å²) in [6.45, 7) is 6.98. The number of nitrogens with two attached hydrogens (primary N) is 1. The lowest BCUT2D eigenvalue weighted by Crippen LogP contribution is -2.56. The first-order valence-electron chi connectivity index (χ1n) is 10.5. The predicted molar refractivity (Wildman–Crippen MR) is 121 cm³/mol. The number of nitrogens with zero attached hydrogens (tertiary/aromatic N) is 3.